The molecule has 82 heavy (non-hydrogen) atoms. The second-order valence-corrected chi connectivity index (χ2v) is 24.7. The molecule has 1 heterocycles. The number of hydrogen-bond acceptors (Lipinski definition) is 8. The minimum atomic E-state index is -1.57. The van der Waals surface area contributed by atoms with Gasteiger partial charge in [0.05, 0.1) is 25.4 Å². The lowest BCUT2D eigenvalue weighted by Crippen LogP contribution is -2.60. The second kappa shape index (κ2) is 62.0. The molecule has 1 aliphatic rings. The van der Waals surface area contributed by atoms with Crippen molar-refractivity contribution in [3.63, 3.8) is 0 Å². The molecule has 1 aliphatic heterocycles. The van der Waals surface area contributed by atoms with Gasteiger partial charge in [-0.3, -0.25) is 4.79 Å². The predicted octanol–water partition coefficient (Wildman–Crippen LogP) is 19.4. The lowest BCUT2D eigenvalue weighted by molar-refractivity contribution is -0.302. The van der Waals surface area contributed by atoms with Crippen LogP contribution in [0.5, 0.6) is 0 Å². The van der Waals surface area contributed by atoms with Crippen LogP contribution < -0.4 is 5.32 Å². The van der Waals surface area contributed by atoms with Gasteiger partial charge in [0.15, 0.2) is 6.29 Å². The maximum Gasteiger partial charge on any atom is 0.220 e. The fourth-order valence-electron chi connectivity index (χ4n) is 11.3. The SMILES string of the molecule is CC/C=C\C/C=C\C/C=C\C/C=C\CCCCCCCCCCCCCCCCCCCCCCC(=O)NC(COC1OC(CO)C(O)C(O)C1O)C(O)/C=C/CCCCCCCCCCCCCCCCCCCCCCCCCC. The lowest BCUT2D eigenvalue weighted by Gasteiger charge is -2.40. The molecule has 1 amide bonds. The van der Waals surface area contributed by atoms with Crippen LogP contribution >= 0.6 is 0 Å². The number of ether oxygens (including phenoxy) is 2. The van der Waals surface area contributed by atoms with Gasteiger partial charge in [0.2, 0.25) is 5.91 Å². The van der Waals surface area contributed by atoms with Crippen molar-refractivity contribution in [1.29, 1.82) is 0 Å². The Balaban J connectivity index is 2.11. The third kappa shape index (κ3) is 50.1. The normalized spacial score (nSPS) is 18.6. The Morgan fingerprint density at radius 1 is 0.427 bits per heavy atom. The van der Waals surface area contributed by atoms with E-state index in [0.717, 1.165) is 64.2 Å². The molecule has 0 saturated carbocycles. The molecule has 9 nitrogen and oxygen atoms in total. The zero-order valence-electron chi connectivity index (χ0n) is 53.8. The first-order valence-corrected chi connectivity index (χ1v) is 35.5. The molecule has 9 heteroatoms. The van der Waals surface area contributed by atoms with Gasteiger partial charge in [-0.05, 0) is 57.8 Å². The molecule has 0 aromatic carbocycles. The third-order valence-electron chi connectivity index (χ3n) is 16.8. The van der Waals surface area contributed by atoms with Crippen molar-refractivity contribution in [1.82, 2.24) is 5.32 Å². The summed E-state index contributed by atoms with van der Waals surface area (Å²) in [6.07, 6.45) is 79.0. The van der Waals surface area contributed by atoms with Gasteiger partial charge in [-0.25, -0.2) is 0 Å². The monoisotopic (exact) mass is 1150 g/mol. The molecule has 0 aromatic heterocycles. The largest absolute Gasteiger partial charge is 0.394 e. The Kier molecular flexibility index (Phi) is 58.9. The van der Waals surface area contributed by atoms with Crippen molar-refractivity contribution in [2.75, 3.05) is 13.2 Å². The zero-order valence-corrected chi connectivity index (χ0v) is 53.8. The smallest absolute Gasteiger partial charge is 0.220 e. The summed E-state index contributed by atoms with van der Waals surface area (Å²) in [6, 6.07) is -0.807. The minimum absolute atomic E-state index is 0.171. The molecule has 480 valence electrons. The third-order valence-corrected chi connectivity index (χ3v) is 16.8. The predicted molar refractivity (Wildman–Crippen MR) is 350 cm³/mol. The number of amides is 1. The molecule has 0 radical (unpaired) electrons. The van der Waals surface area contributed by atoms with Crippen LogP contribution in [0, 0.1) is 0 Å². The highest BCUT2D eigenvalue weighted by molar-refractivity contribution is 5.76. The molecular weight excluding hydrogens is 1020 g/mol. The quantitative estimate of drug-likeness (QED) is 0.0261. The van der Waals surface area contributed by atoms with E-state index in [2.05, 4.69) is 67.8 Å². The Hall–Kier alpha value is -2.11. The molecule has 6 N–H and O–H groups in total. The van der Waals surface area contributed by atoms with Crippen LogP contribution in [0.4, 0.5) is 0 Å². The Labute approximate surface area is 506 Å². The van der Waals surface area contributed by atoms with Crippen LogP contribution in [0.25, 0.3) is 0 Å². The lowest BCUT2D eigenvalue weighted by atomic mass is 9.99. The molecule has 0 aliphatic carbocycles. The summed E-state index contributed by atoms with van der Waals surface area (Å²) in [7, 11) is 0. The molecule has 7 atom stereocenters. The molecule has 0 aromatic rings. The van der Waals surface area contributed by atoms with Crippen molar-refractivity contribution >= 4 is 5.91 Å². The summed E-state index contributed by atoms with van der Waals surface area (Å²) in [5, 5.41) is 54.8. The van der Waals surface area contributed by atoms with Crippen LogP contribution in [0.3, 0.4) is 0 Å². The first-order valence-electron chi connectivity index (χ1n) is 35.5. The fraction of sp³-hybridized carbons (Fsp3) is 0.849. The molecule has 1 saturated heterocycles. The van der Waals surface area contributed by atoms with Crippen LogP contribution in [0.2, 0.25) is 0 Å². The number of aliphatic hydroxyl groups excluding tert-OH is 5. The summed E-state index contributed by atoms with van der Waals surface area (Å²) in [6.45, 7) is 3.71. The number of unbranched alkanes of at least 4 members (excludes halogenated alkanes) is 44. The van der Waals surface area contributed by atoms with E-state index in [1.165, 1.54) is 257 Å². The highest BCUT2D eigenvalue weighted by Crippen LogP contribution is 2.23. The van der Waals surface area contributed by atoms with E-state index in [0.29, 0.717) is 6.42 Å². The summed E-state index contributed by atoms with van der Waals surface area (Å²) >= 11 is 0. The van der Waals surface area contributed by atoms with E-state index >= 15 is 0 Å². The van der Waals surface area contributed by atoms with Gasteiger partial charge >= 0.3 is 0 Å². The van der Waals surface area contributed by atoms with Crippen molar-refractivity contribution in [3.8, 4) is 0 Å². The van der Waals surface area contributed by atoms with Crippen LogP contribution in [-0.2, 0) is 14.3 Å². The molecule has 0 bridgehead atoms. The summed E-state index contributed by atoms with van der Waals surface area (Å²) in [5.41, 5.74) is 0. The van der Waals surface area contributed by atoms with Crippen LogP contribution in [-0.4, -0.2) is 87.5 Å². The van der Waals surface area contributed by atoms with Crippen molar-refractivity contribution in [2.24, 2.45) is 0 Å². The maximum atomic E-state index is 13.1. The van der Waals surface area contributed by atoms with Gasteiger partial charge in [-0.2, -0.15) is 0 Å². The minimum Gasteiger partial charge on any atom is -0.394 e. The second-order valence-electron chi connectivity index (χ2n) is 24.7. The zero-order chi connectivity index (χ0) is 59.3. The number of carbonyl (C=O) groups excluding carboxylic acids is 1. The van der Waals surface area contributed by atoms with E-state index in [4.69, 9.17) is 9.47 Å². The molecule has 0 spiro atoms. The Morgan fingerprint density at radius 3 is 1.12 bits per heavy atom. The number of allylic oxidation sites excluding steroid dienone is 9. The summed E-state index contributed by atoms with van der Waals surface area (Å²) in [5.74, 6) is -0.171. The number of rotatable bonds is 62. The van der Waals surface area contributed by atoms with E-state index in [9.17, 15) is 30.3 Å². The Bertz CT molecular complexity index is 1480. The van der Waals surface area contributed by atoms with Gasteiger partial charge < -0.3 is 40.3 Å². The van der Waals surface area contributed by atoms with E-state index < -0.39 is 49.5 Å². The topological polar surface area (TPSA) is 149 Å². The van der Waals surface area contributed by atoms with Gasteiger partial charge in [0.25, 0.3) is 0 Å². The van der Waals surface area contributed by atoms with E-state index in [-0.39, 0.29) is 12.5 Å². The molecular formula is C73H135NO8. The van der Waals surface area contributed by atoms with Crippen LogP contribution in [0.15, 0.2) is 60.8 Å². The van der Waals surface area contributed by atoms with Crippen molar-refractivity contribution < 1.29 is 39.8 Å². The van der Waals surface area contributed by atoms with Gasteiger partial charge in [0, 0.05) is 6.42 Å². The van der Waals surface area contributed by atoms with Gasteiger partial charge in [-0.15, -0.1) is 0 Å². The van der Waals surface area contributed by atoms with Crippen molar-refractivity contribution in [3.05, 3.63) is 60.8 Å². The number of hydrogen-bond donors (Lipinski definition) is 6. The number of carbonyl (C=O) groups is 1. The maximum absolute atomic E-state index is 13.1. The highest BCUT2D eigenvalue weighted by Gasteiger charge is 2.44. The average molecular weight is 1150 g/mol. The first-order chi connectivity index (χ1) is 40.3. The fourth-order valence-corrected chi connectivity index (χ4v) is 11.3. The van der Waals surface area contributed by atoms with Crippen molar-refractivity contribution in [2.45, 2.75) is 384 Å². The standard InChI is InChI=1S/C73H135NO8/c1-3-5-7-9-11-13-15-17-19-21-23-25-27-29-31-32-33-34-35-36-37-39-41-43-45-47-49-51-53-55-57-59-61-63-69(77)74-66(65-81-73-72(80)71(79)70(78)68(64-75)82-73)67(76)62-60-58-56-54-52-50-48-46-44-42-40-38-30-28-26-24-22-20-18-16-14-12-10-8-6-4-2/h5,7,11,13,17,19,23,25,60,62,66-68,70-73,75-76,78-80H,3-4,6,8-10,12,14-16,18,20-22,24,26-59,61,63-65H2,1-2H3,(H,74,77)/b7-5-,13-11-,19-17-,25-23-,62-60+. The molecule has 1 fully saturated rings. The van der Waals surface area contributed by atoms with Gasteiger partial charge in [-0.1, -0.05) is 338 Å². The van der Waals surface area contributed by atoms with Gasteiger partial charge in [0.1, 0.15) is 24.4 Å². The van der Waals surface area contributed by atoms with Crippen LogP contribution in [0.1, 0.15) is 341 Å². The van der Waals surface area contributed by atoms with E-state index in [1.807, 2.05) is 6.08 Å². The average Bonchev–Trinajstić information content (AvgIpc) is 3.57. The highest BCUT2D eigenvalue weighted by atomic mass is 16.7. The summed E-state index contributed by atoms with van der Waals surface area (Å²) < 4.78 is 11.3. The molecule has 1 rings (SSSR count). The summed E-state index contributed by atoms with van der Waals surface area (Å²) in [4.78, 5) is 13.1. The number of aliphatic hydroxyl groups is 5. The molecule has 7 unspecified atom stereocenters. The van der Waals surface area contributed by atoms with E-state index in [1.54, 1.807) is 6.08 Å². The Morgan fingerprint density at radius 2 is 0.756 bits per heavy atom. The first kappa shape index (κ1) is 77.9. The number of nitrogens with one attached hydrogen (secondary N) is 1.